The molecule has 0 atom stereocenters. The molecule has 0 bridgehead atoms. The van der Waals surface area contributed by atoms with Gasteiger partial charge in [-0.3, -0.25) is 14.0 Å². The lowest BCUT2D eigenvalue weighted by Crippen LogP contribution is -2.32. The average Bonchev–Trinajstić information content (AvgIpc) is 3.28. The number of amides is 1. The molecule has 1 N–H and O–H groups in total. The Kier molecular flexibility index (Phi) is 8.59. The SMILES string of the molecule is CS(=O)(=O)N(CCCC(=O)NCc1ccc(CN2CCCC2)cc1)c1cccc(C(F)(F)F)c1. The summed E-state index contributed by atoms with van der Waals surface area (Å²) in [6, 6.07) is 12.2. The molecule has 0 spiro atoms. The number of benzene rings is 2. The molecule has 6 nitrogen and oxygen atoms in total. The van der Waals surface area contributed by atoms with Crippen molar-refractivity contribution in [2.45, 2.75) is 44.9 Å². The van der Waals surface area contributed by atoms with Gasteiger partial charge in [0.2, 0.25) is 15.9 Å². The van der Waals surface area contributed by atoms with Crippen molar-refractivity contribution in [1.82, 2.24) is 10.2 Å². The Bertz CT molecular complexity index is 1070. The number of carbonyl (C=O) groups is 1. The topological polar surface area (TPSA) is 69.7 Å². The Morgan fingerprint density at radius 1 is 1.06 bits per heavy atom. The molecule has 2 aromatic rings. The van der Waals surface area contributed by atoms with Gasteiger partial charge in [-0.2, -0.15) is 13.2 Å². The summed E-state index contributed by atoms with van der Waals surface area (Å²) in [6.45, 7) is 3.44. The van der Waals surface area contributed by atoms with Crippen molar-refractivity contribution in [1.29, 1.82) is 0 Å². The van der Waals surface area contributed by atoms with Crippen molar-refractivity contribution in [2.24, 2.45) is 0 Å². The van der Waals surface area contributed by atoms with E-state index in [0.29, 0.717) is 6.54 Å². The van der Waals surface area contributed by atoms with E-state index in [0.717, 1.165) is 47.9 Å². The lowest BCUT2D eigenvalue weighted by Gasteiger charge is -2.23. The Morgan fingerprint density at radius 2 is 1.71 bits per heavy atom. The number of anilines is 1. The van der Waals surface area contributed by atoms with Crippen LogP contribution < -0.4 is 9.62 Å². The molecule has 0 aromatic heterocycles. The first-order chi connectivity index (χ1) is 16.0. The molecular formula is C24H30F3N3O3S. The van der Waals surface area contributed by atoms with Crippen molar-refractivity contribution in [2.75, 3.05) is 30.2 Å². The van der Waals surface area contributed by atoms with E-state index < -0.39 is 21.8 Å². The van der Waals surface area contributed by atoms with Crippen LogP contribution in [0.3, 0.4) is 0 Å². The number of hydrogen-bond donors (Lipinski definition) is 1. The summed E-state index contributed by atoms with van der Waals surface area (Å²) in [5.74, 6) is -0.251. The molecule has 0 aliphatic carbocycles. The van der Waals surface area contributed by atoms with Gasteiger partial charge in [0, 0.05) is 26.1 Å². The number of alkyl halides is 3. The molecule has 10 heteroatoms. The Hall–Kier alpha value is -2.59. The number of sulfonamides is 1. The Labute approximate surface area is 198 Å². The summed E-state index contributed by atoms with van der Waals surface area (Å²) in [5, 5.41) is 2.81. The van der Waals surface area contributed by atoms with Crippen molar-refractivity contribution in [3.05, 3.63) is 65.2 Å². The lowest BCUT2D eigenvalue weighted by molar-refractivity contribution is -0.137. The molecule has 1 aliphatic heterocycles. The fourth-order valence-corrected chi connectivity index (χ4v) is 4.91. The molecule has 1 amide bonds. The number of carbonyl (C=O) groups excluding carboxylic acids is 1. The van der Waals surface area contributed by atoms with Gasteiger partial charge in [0.15, 0.2) is 0 Å². The van der Waals surface area contributed by atoms with Crippen LogP contribution in [0.15, 0.2) is 48.5 Å². The largest absolute Gasteiger partial charge is 0.416 e. The van der Waals surface area contributed by atoms with Gasteiger partial charge in [-0.25, -0.2) is 8.42 Å². The second-order valence-corrected chi connectivity index (χ2v) is 10.5. The van der Waals surface area contributed by atoms with Crippen molar-refractivity contribution >= 4 is 21.6 Å². The maximum atomic E-state index is 13.0. The van der Waals surface area contributed by atoms with Crippen molar-refractivity contribution in [3.63, 3.8) is 0 Å². The van der Waals surface area contributed by atoms with Gasteiger partial charge in [0.05, 0.1) is 17.5 Å². The fourth-order valence-electron chi connectivity index (χ4n) is 3.96. The normalized spacial score (nSPS) is 14.8. The highest BCUT2D eigenvalue weighted by Gasteiger charge is 2.31. The summed E-state index contributed by atoms with van der Waals surface area (Å²) in [7, 11) is -3.82. The van der Waals surface area contributed by atoms with E-state index in [1.165, 1.54) is 30.5 Å². The molecule has 34 heavy (non-hydrogen) atoms. The summed E-state index contributed by atoms with van der Waals surface area (Å²) in [4.78, 5) is 14.6. The van der Waals surface area contributed by atoms with E-state index in [1.54, 1.807) is 0 Å². The van der Waals surface area contributed by atoms with Crippen LogP contribution in [0.4, 0.5) is 18.9 Å². The van der Waals surface area contributed by atoms with Gasteiger partial charge in [-0.1, -0.05) is 30.3 Å². The van der Waals surface area contributed by atoms with Crippen LogP contribution in [-0.4, -0.2) is 45.1 Å². The third-order valence-corrected chi connectivity index (χ3v) is 6.94. The van der Waals surface area contributed by atoms with Gasteiger partial charge in [0.1, 0.15) is 0 Å². The van der Waals surface area contributed by atoms with E-state index in [9.17, 15) is 26.4 Å². The predicted molar refractivity (Wildman–Crippen MR) is 126 cm³/mol. The zero-order valence-electron chi connectivity index (χ0n) is 19.1. The second kappa shape index (κ2) is 11.2. The molecule has 2 aromatic carbocycles. The van der Waals surface area contributed by atoms with Crippen LogP contribution >= 0.6 is 0 Å². The van der Waals surface area contributed by atoms with E-state index >= 15 is 0 Å². The van der Waals surface area contributed by atoms with Gasteiger partial charge in [-0.05, 0) is 61.7 Å². The van der Waals surface area contributed by atoms with Crippen molar-refractivity contribution in [3.8, 4) is 0 Å². The van der Waals surface area contributed by atoms with Gasteiger partial charge >= 0.3 is 6.18 Å². The minimum Gasteiger partial charge on any atom is -0.352 e. The monoisotopic (exact) mass is 497 g/mol. The highest BCUT2D eigenvalue weighted by atomic mass is 32.2. The molecule has 0 saturated carbocycles. The molecule has 1 heterocycles. The standard InChI is InChI=1S/C24H30F3N3O3S/c1-34(32,33)30(22-7-4-6-21(16-22)24(25,26)27)15-5-8-23(31)28-17-19-9-11-20(12-10-19)18-29-13-2-3-14-29/h4,6-7,9-12,16H,2-3,5,8,13-15,17-18H2,1H3,(H,28,31). The van der Waals surface area contributed by atoms with Crippen LogP contribution in [-0.2, 0) is 34.1 Å². The van der Waals surface area contributed by atoms with Gasteiger partial charge in [0.25, 0.3) is 0 Å². The Balaban J connectivity index is 1.48. The summed E-state index contributed by atoms with van der Waals surface area (Å²) in [5.41, 5.74) is 1.18. The molecule has 1 fully saturated rings. The van der Waals surface area contributed by atoms with Gasteiger partial charge in [-0.15, -0.1) is 0 Å². The second-order valence-electron chi connectivity index (χ2n) is 8.56. The Morgan fingerprint density at radius 3 is 2.32 bits per heavy atom. The average molecular weight is 498 g/mol. The summed E-state index contributed by atoms with van der Waals surface area (Å²) >= 11 is 0. The number of hydrogen-bond acceptors (Lipinski definition) is 4. The zero-order valence-corrected chi connectivity index (χ0v) is 20.0. The first kappa shape index (κ1) is 26.0. The van der Waals surface area contributed by atoms with E-state index in [2.05, 4.69) is 22.3 Å². The predicted octanol–water partition coefficient (Wildman–Crippen LogP) is 4.16. The highest BCUT2D eigenvalue weighted by molar-refractivity contribution is 7.92. The summed E-state index contributed by atoms with van der Waals surface area (Å²) in [6.07, 6.45) is -0.938. The van der Waals surface area contributed by atoms with Crippen molar-refractivity contribution < 1.29 is 26.4 Å². The molecular weight excluding hydrogens is 467 g/mol. The van der Waals surface area contributed by atoms with E-state index in [-0.39, 0.29) is 31.0 Å². The number of nitrogens with one attached hydrogen (secondary N) is 1. The molecule has 0 radical (unpaired) electrons. The first-order valence-corrected chi connectivity index (χ1v) is 13.1. The summed E-state index contributed by atoms with van der Waals surface area (Å²) < 4.78 is 64.2. The zero-order chi connectivity index (χ0) is 24.8. The van der Waals surface area contributed by atoms with Crippen LogP contribution in [0, 0.1) is 0 Å². The third kappa shape index (κ3) is 7.73. The van der Waals surface area contributed by atoms with Crippen LogP contribution in [0.25, 0.3) is 0 Å². The molecule has 0 unspecified atom stereocenters. The highest BCUT2D eigenvalue weighted by Crippen LogP contribution is 2.32. The number of likely N-dealkylation sites (tertiary alicyclic amines) is 1. The molecule has 186 valence electrons. The maximum Gasteiger partial charge on any atom is 0.416 e. The number of nitrogens with zero attached hydrogens (tertiary/aromatic N) is 2. The molecule has 3 rings (SSSR count). The van der Waals surface area contributed by atoms with Gasteiger partial charge < -0.3 is 5.32 Å². The van der Waals surface area contributed by atoms with Crippen LogP contribution in [0.2, 0.25) is 0 Å². The maximum absolute atomic E-state index is 13.0. The molecule has 1 aliphatic rings. The number of rotatable bonds is 10. The van der Waals surface area contributed by atoms with Crippen LogP contribution in [0.1, 0.15) is 42.4 Å². The van der Waals surface area contributed by atoms with E-state index in [4.69, 9.17) is 0 Å². The minimum atomic E-state index is -4.58. The minimum absolute atomic E-state index is 0.0536. The quantitative estimate of drug-likeness (QED) is 0.535. The van der Waals surface area contributed by atoms with Crippen LogP contribution in [0.5, 0.6) is 0 Å². The lowest BCUT2D eigenvalue weighted by atomic mass is 10.1. The molecule has 1 saturated heterocycles. The fraction of sp³-hybridized carbons (Fsp3) is 0.458. The smallest absolute Gasteiger partial charge is 0.352 e. The number of halogens is 3. The first-order valence-electron chi connectivity index (χ1n) is 11.2. The van der Waals surface area contributed by atoms with E-state index in [1.807, 2.05) is 12.1 Å². The third-order valence-electron chi connectivity index (χ3n) is 5.74.